The largest absolute Gasteiger partial charge is 0.490 e. The summed E-state index contributed by atoms with van der Waals surface area (Å²) in [5.41, 5.74) is 0.961. The molecule has 0 amide bonds. The van der Waals surface area contributed by atoms with Gasteiger partial charge in [0.25, 0.3) is 0 Å². The minimum atomic E-state index is -0.429. The van der Waals surface area contributed by atoms with Gasteiger partial charge in [-0.25, -0.2) is 0 Å². The lowest BCUT2D eigenvalue weighted by Crippen LogP contribution is -2.23. The third kappa shape index (κ3) is 3.40. The molecule has 1 aliphatic heterocycles. The van der Waals surface area contributed by atoms with Crippen molar-refractivity contribution in [3.8, 4) is 5.75 Å². The molecule has 0 radical (unpaired) electrons. The van der Waals surface area contributed by atoms with E-state index in [1.165, 1.54) is 0 Å². The van der Waals surface area contributed by atoms with E-state index in [0.717, 1.165) is 5.56 Å². The minimum Gasteiger partial charge on any atom is -0.490 e. The Morgan fingerprint density at radius 2 is 2.11 bits per heavy atom. The van der Waals surface area contributed by atoms with Crippen LogP contribution in [-0.4, -0.2) is 30.9 Å². The SMILES string of the molecule is CC(=O)Cc1ccc(OCC2OCCC2=O)cc1. The van der Waals surface area contributed by atoms with E-state index in [0.29, 0.717) is 25.2 Å². The summed E-state index contributed by atoms with van der Waals surface area (Å²) < 4.78 is 10.7. The molecule has 1 saturated heterocycles. The molecule has 0 aliphatic carbocycles. The number of hydrogen-bond donors (Lipinski definition) is 0. The number of ether oxygens (including phenoxy) is 2. The highest BCUT2D eigenvalue weighted by Gasteiger charge is 2.25. The molecular weight excluding hydrogens is 232 g/mol. The summed E-state index contributed by atoms with van der Waals surface area (Å²) in [6.07, 6.45) is 0.484. The van der Waals surface area contributed by atoms with Crippen LogP contribution in [0.25, 0.3) is 0 Å². The monoisotopic (exact) mass is 248 g/mol. The van der Waals surface area contributed by atoms with Crippen LogP contribution in [0.5, 0.6) is 5.75 Å². The lowest BCUT2D eigenvalue weighted by molar-refractivity contribution is -0.123. The van der Waals surface area contributed by atoms with Crippen LogP contribution in [0, 0.1) is 0 Å². The van der Waals surface area contributed by atoms with E-state index in [1.54, 1.807) is 19.1 Å². The number of benzene rings is 1. The molecule has 1 heterocycles. The molecule has 1 aliphatic rings. The second-order valence-corrected chi connectivity index (χ2v) is 4.41. The van der Waals surface area contributed by atoms with Crippen molar-refractivity contribution in [2.75, 3.05) is 13.2 Å². The van der Waals surface area contributed by atoms with Crippen molar-refractivity contribution < 1.29 is 19.1 Å². The first-order valence-corrected chi connectivity index (χ1v) is 6.00. The Kier molecular flexibility index (Phi) is 4.10. The molecule has 0 saturated carbocycles. The smallest absolute Gasteiger partial charge is 0.167 e. The molecule has 1 unspecified atom stereocenters. The van der Waals surface area contributed by atoms with Crippen molar-refractivity contribution in [2.45, 2.75) is 25.9 Å². The van der Waals surface area contributed by atoms with Gasteiger partial charge in [0.2, 0.25) is 0 Å². The predicted octanol–water partition coefficient (Wildman–Crippen LogP) is 1.55. The molecule has 0 N–H and O–H groups in total. The van der Waals surface area contributed by atoms with Gasteiger partial charge in [0, 0.05) is 12.8 Å². The number of rotatable bonds is 5. The molecular formula is C14H16O4. The lowest BCUT2D eigenvalue weighted by Gasteiger charge is -2.10. The molecule has 1 aromatic rings. The predicted molar refractivity (Wildman–Crippen MR) is 65.7 cm³/mol. The maximum atomic E-state index is 11.3. The highest BCUT2D eigenvalue weighted by Crippen LogP contribution is 2.15. The quantitative estimate of drug-likeness (QED) is 0.793. The van der Waals surface area contributed by atoms with E-state index in [-0.39, 0.29) is 18.2 Å². The first-order valence-electron chi connectivity index (χ1n) is 6.00. The zero-order chi connectivity index (χ0) is 13.0. The average molecular weight is 248 g/mol. The van der Waals surface area contributed by atoms with Crippen molar-refractivity contribution in [1.82, 2.24) is 0 Å². The normalized spacial score (nSPS) is 18.9. The minimum absolute atomic E-state index is 0.100. The third-order valence-corrected chi connectivity index (χ3v) is 2.80. The topological polar surface area (TPSA) is 52.6 Å². The lowest BCUT2D eigenvalue weighted by atomic mass is 10.1. The zero-order valence-electron chi connectivity index (χ0n) is 10.3. The molecule has 0 spiro atoms. The second-order valence-electron chi connectivity index (χ2n) is 4.41. The summed E-state index contributed by atoms with van der Waals surface area (Å²) in [4.78, 5) is 22.3. The summed E-state index contributed by atoms with van der Waals surface area (Å²) >= 11 is 0. The molecule has 96 valence electrons. The fraction of sp³-hybridized carbons (Fsp3) is 0.429. The highest BCUT2D eigenvalue weighted by atomic mass is 16.5. The van der Waals surface area contributed by atoms with Crippen LogP contribution in [0.2, 0.25) is 0 Å². The maximum absolute atomic E-state index is 11.3. The highest BCUT2D eigenvalue weighted by molar-refractivity contribution is 5.84. The van der Waals surface area contributed by atoms with Gasteiger partial charge in [0.15, 0.2) is 5.78 Å². The summed E-state index contributed by atoms with van der Waals surface area (Å²) in [5, 5.41) is 0. The zero-order valence-corrected chi connectivity index (χ0v) is 10.3. The van der Waals surface area contributed by atoms with E-state index in [2.05, 4.69) is 0 Å². The molecule has 1 fully saturated rings. The summed E-state index contributed by atoms with van der Waals surface area (Å²) in [5.74, 6) is 0.919. The van der Waals surface area contributed by atoms with Crippen LogP contribution in [0.4, 0.5) is 0 Å². The molecule has 4 nitrogen and oxygen atoms in total. The first kappa shape index (κ1) is 12.8. The summed E-state index contributed by atoms with van der Waals surface area (Å²) in [6.45, 7) is 2.31. The van der Waals surface area contributed by atoms with Gasteiger partial charge in [-0.3, -0.25) is 9.59 Å². The van der Waals surface area contributed by atoms with Gasteiger partial charge in [-0.15, -0.1) is 0 Å². The van der Waals surface area contributed by atoms with Gasteiger partial charge >= 0.3 is 0 Å². The number of carbonyl (C=O) groups excluding carboxylic acids is 2. The number of carbonyl (C=O) groups is 2. The van der Waals surface area contributed by atoms with E-state index < -0.39 is 6.10 Å². The molecule has 1 atom stereocenters. The molecule has 0 aromatic heterocycles. The second kappa shape index (κ2) is 5.78. The Morgan fingerprint density at radius 3 is 2.67 bits per heavy atom. The average Bonchev–Trinajstić information content (AvgIpc) is 2.73. The fourth-order valence-corrected chi connectivity index (χ4v) is 1.86. The van der Waals surface area contributed by atoms with Gasteiger partial charge in [-0.05, 0) is 24.6 Å². The number of hydrogen-bond acceptors (Lipinski definition) is 4. The van der Waals surface area contributed by atoms with Gasteiger partial charge < -0.3 is 9.47 Å². The molecule has 0 bridgehead atoms. The summed E-state index contributed by atoms with van der Waals surface area (Å²) in [6, 6.07) is 7.32. The fourth-order valence-electron chi connectivity index (χ4n) is 1.86. The number of Topliss-reactive ketones (excluding diaryl/α,β-unsaturated/α-hetero) is 2. The van der Waals surface area contributed by atoms with Gasteiger partial charge in [0.1, 0.15) is 24.2 Å². The Hall–Kier alpha value is -1.68. The van der Waals surface area contributed by atoms with Crippen LogP contribution >= 0.6 is 0 Å². The van der Waals surface area contributed by atoms with Crippen molar-refractivity contribution in [2.24, 2.45) is 0 Å². The van der Waals surface area contributed by atoms with Crippen LogP contribution in [-0.2, 0) is 20.7 Å². The van der Waals surface area contributed by atoms with E-state index in [1.807, 2.05) is 12.1 Å². The molecule has 1 aromatic carbocycles. The molecule has 18 heavy (non-hydrogen) atoms. The number of ketones is 2. The first-order chi connectivity index (χ1) is 8.65. The van der Waals surface area contributed by atoms with Crippen molar-refractivity contribution in [3.05, 3.63) is 29.8 Å². The Morgan fingerprint density at radius 1 is 1.39 bits per heavy atom. The van der Waals surface area contributed by atoms with Gasteiger partial charge in [-0.1, -0.05) is 12.1 Å². The Labute approximate surface area is 106 Å². The van der Waals surface area contributed by atoms with Crippen molar-refractivity contribution >= 4 is 11.6 Å². The van der Waals surface area contributed by atoms with Crippen LogP contribution in [0.15, 0.2) is 24.3 Å². The summed E-state index contributed by atoms with van der Waals surface area (Å²) in [7, 11) is 0. The van der Waals surface area contributed by atoms with Crippen LogP contribution in [0.3, 0.4) is 0 Å². The maximum Gasteiger partial charge on any atom is 0.167 e. The van der Waals surface area contributed by atoms with Gasteiger partial charge in [0.05, 0.1) is 6.61 Å². The standard InChI is InChI=1S/C14H16O4/c1-10(15)8-11-2-4-12(5-3-11)18-9-14-13(16)6-7-17-14/h2-5,14H,6-9H2,1H3. The van der Waals surface area contributed by atoms with Crippen molar-refractivity contribution in [3.63, 3.8) is 0 Å². The van der Waals surface area contributed by atoms with Crippen LogP contribution in [0.1, 0.15) is 18.9 Å². The van der Waals surface area contributed by atoms with Gasteiger partial charge in [-0.2, -0.15) is 0 Å². The van der Waals surface area contributed by atoms with E-state index in [4.69, 9.17) is 9.47 Å². The van der Waals surface area contributed by atoms with Crippen molar-refractivity contribution in [1.29, 1.82) is 0 Å². The van der Waals surface area contributed by atoms with Crippen LogP contribution < -0.4 is 4.74 Å². The Balaban J connectivity index is 1.86. The third-order valence-electron chi connectivity index (χ3n) is 2.80. The molecule has 2 rings (SSSR count). The molecule has 4 heteroatoms. The Bertz CT molecular complexity index is 436. The van der Waals surface area contributed by atoms with E-state index >= 15 is 0 Å². The van der Waals surface area contributed by atoms with E-state index in [9.17, 15) is 9.59 Å².